The van der Waals surface area contributed by atoms with Gasteiger partial charge in [0.15, 0.2) is 16.3 Å². The third kappa shape index (κ3) is 6.24. The van der Waals surface area contributed by atoms with Crippen molar-refractivity contribution in [3.63, 3.8) is 0 Å². The summed E-state index contributed by atoms with van der Waals surface area (Å²) in [6.45, 7) is 5.53. The fraction of sp³-hybridized carbons (Fsp3) is 0.321. The van der Waals surface area contributed by atoms with Gasteiger partial charge in [-0.05, 0) is 78.7 Å². The average molecular weight is 636 g/mol. The van der Waals surface area contributed by atoms with Crippen LogP contribution in [0, 0.1) is 0 Å². The monoisotopic (exact) mass is 634 g/mol. The second kappa shape index (κ2) is 13.6. The van der Waals surface area contributed by atoms with Crippen molar-refractivity contribution in [1.82, 2.24) is 4.57 Å². The van der Waals surface area contributed by atoms with Gasteiger partial charge >= 0.3 is 5.97 Å². The topological polar surface area (TPSA) is 129 Å². The Bertz CT molecular complexity index is 1610. The molecule has 0 bridgehead atoms. The molecule has 3 aromatic rings. The van der Waals surface area contributed by atoms with Crippen molar-refractivity contribution in [2.75, 3.05) is 34.5 Å². The van der Waals surface area contributed by atoms with Gasteiger partial charge in [0.25, 0.3) is 5.56 Å². The number of aromatic hydroxyl groups is 1. The first-order valence-corrected chi connectivity index (χ1v) is 13.8. The lowest BCUT2D eigenvalue weighted by molar-refractivity contribution is -0.139. The summed E-state index contributed by atoms with van der Waals surface area (Å²) < 4.78 is 23.9. The SMILES string of the molecule is CCO.CCOC(=O)C1=C(C)N=c2s/c(=C/c3cc(Br)c(O)c(OC)c3)c(=O)n2C1c1cc(OC)ccc1OC. The van der Waals surface area contributed by atoms with Crippen molar-refractivity contribution in [1.29, 1.82) is 0 Å². The number of carbonyl (C=O) groups is 1. The second-order valence-electron chi connectivity index (χ2n) is 8.28. The number of benzene rings is 2. The number of hydrogen-bond donors (Lipinski definition) is 2. The molecule has 1 aromatic heterocycles. The van der Waals surface area contributed by atoms with Gasteiger partial charge in [0, 0.05) is 12.2 Å². The van der Waals surface area contributed by atoms with Crippen molar-refractivity contribution in [3.8, 4) is 23.0 Å². The minimum atomic E-state index is -0.858. The predicted molar refractivity (Wildman–Crippen MR) is 155 cm³/mol. The molecule has 1 unspecified atom stereocenters. The third-order valence-corrected chi connectivity index (χ3v) is 7.40. The molecule has 2 N–H and O–H groups in total. The summed E-state index contributed by atoms with van der Waals surface area (Å²) in [4.78, 5) is 32.0. The lowest BCUT2D eigenvalue weighted by Gasteiger charge is -2.26. The number of halogens is 1. The zero-order chi connectivity index (χ0) is 29.6. The van der Waals surface area contributed by atoms with Crippen LogP contribution < -0.4 is 29.1 Å². The maximum atomic E-state index is 13.8. The number of aliphatic hydroxyl groups is 1. The number of carbonyl (C=O) groups excluding carboxylic acids is 1. The number of phenolic OH excluding ortho intramolecular Hbond substituents is 1. The molecule has 0 spiro atoms. The number of ether oxygens (including phenoxy) is 4. The molecular formula is C28H31BrN2O8S. The number of allylic oxidation sites excluding steroid dienone is 1. The van der Waals surface area contributed by atoms with E-state index in [0.29, 0.717) is 42.1 Å². The standard InChI is InChI=1S/C26H25BrN2O7S.C2H6O/c1-6-36-25(32)21-13(2)28-26-29(22(21)16-12-15(33-3)7-8-18(16)34-4)24(31)20(37-26)11-14-9-17(27)23(30)19(10-14)35-5;1-2-3/h7-12,22,30H,6H2,1-5H3;3H,2H2,1H3/b20-11+;. The molecule has 1 aliphatic rings. The molecule has 1 aliphatic heterocycles. The van der Waals surface area contributed by atoms with Gasteiger partial charge < -0.3 is 29.2 Å². The van der Waals surface area contributed by atoms with Gasteiger partial charge in [-0.1, -0.05) is 11.3 Å². The lowest BCUT2D eigenvalue weighted by Crippen LogP contribution is -2.40. The zero-order valence-corrected chi connectivity index (χ0v) is 25.4. The minimum Gasteiger partial charge on any atom is -0.503 e. The van der Waals surface area contributed by atoms with Gasteiger partial charge in [0.05, 0.1) is 48.2 Å². The number of fused-ring (bicyclic) bond motifs is 1. The summed E-state index contributed by atoms with van der Waals surface area (Å²) in [7, 11) is 4.50. The fourth-order valence-corrected chi connectivity index (χ4v) is 5.63. The van der Waals surface area contributed by atoms with E-state index in [0.717, 1.165) is 0 Å². The highest BCUT2D eigenvalue weighted by atomic mass is 79.9. The molecule has 0 radical (unpaired) electrons. The van der Waals surface area contributed by atoms with Crippen molar-refractivity contribution >= 4 is 39.3 Å². The molecule has 2 heterocycles. The van der Waals surface area contributed by atoms with Gasteiger partial charge in [-0.15, -0.1) is 0 Å². The fourth-order valence-electron chi connectivity index (χ4n) is 4.12. The van der Waals surface area contributed by atoms with E-state index in [1.54, 1.807) is 57.2 Å². The van der Waals surface area contributed by atoms with Crippen molar-refractivity contribution in [2.24, 2.45) is 4.99 Å². The van der Waals surface area contributed by atoms with Crippen LogP contribution in [0.15, 0.2) is 55.9 Å². The number of phenols is 1. The predicted octanol–water partition coefficient (Wildman–Crippen LogP) is 3.29. The van der Waals surface area contributed by atoms with Gasteiger partial charge in [-0.3, -0.25) is 9.36 Å². The third-order valence-electron chi connectivity index (χ3n) is 5.82. The van der Waals surface area contributed by atoms with Crippen molar-refractivity contribution in [3.05, 3.63) is 76.9 Å². The van der Waals surface area contributed by atoms with E-state index in [9.17, 15) is 14.7 Å². The molecule has 214 valence electrons. The molecule has 0 amide bonds. The number of rotatable bonds is 7. The van der Waals surface area contributed by atoms with Crippen LogP contribution in [0.25, 0.3) is 6.08 Å². The summed E-state index contributed by atoms with van der Waals surface area (Å²) >= 11 is 4.49. The number of esters is 1. The van der Waals surface area contributed by atoms with E-state index in [-0.39, 0.29) is 35.8 Å². The van der Waals surface area contributed by atoms with Gasteiger partial charge in [-0.2, -0.15) is 0 Å². The number of thiazole rings is 1. The summed E-state index contributed by atoms with van der Waals surface area (Å²) in [5, 5.41) is 17.7. The van der Waals surface area contributed by atoms with Crippen LogP contribution in [0.3, 0.4) is 0 Å². The average Bonchev–Trinajstić information content (AvgIpc) is 3.23. The number of nitrogens with zero attached hydrogens (tertiary/aromatic N) is 2. The number of aromatic nitrogens is 1. The quantitative estimate of drug-likeness (QED) is 0.379. The van der Waals surface area contributed by atoms with Crippen LogP contribution in [0.5, 0.6) is 23.0 Å². The Morgan fingerprint density at radius 1 is 1.12 bits per heavy atom. The first-order valence-electron chi connectivity index (χ1n) is 12.2. The van der Waals surface area contributed by atoms with Crippen LogP contribution in [-0.2, 0) is 9.53 Å². The normalized spacial score (nSPS) is 14.5. The molecule has 40 heavy (non-hydrogen) atoms. The maximum absolute atomic E-state index is 13.8. The van der Waals surface area contributed by atoms with E-state index < -0.39 is 12.0 Å². The molecule has 0 aliphatic carbocycles. The highest BCUT2D eigenvalue weighted by molar-refractivity contribution is 9.10. The van der Waals surface area contributed by atoms with Gasteiger partial charge in [-0.25, -0.2) is 9.79 Å². The Morgan fingerprint density at radius 2 is 1.80 bits per heavy atom. The van der Waals surface area contributed by atoms with Crippen molar-refractivity contribution in [2.45, 2.75) is 26.8 Å². The summed E-state index contributed by atoms with van der Waals surface area (Å²) in [5.41, 5.74) is 1.51. The zero-order valence-electron chi connectivity index (χ0n) is 23.0. The van der Waals surface area contributed by atoms with E-state index in [1.165, 1.54) is 37.2 Å². The number of aliphatic hydroxyl groups excluding tert-OH is 1. The Morgan fingerprint density at radius 3 is 2.40 bits per heavy atom. The molecule has 4 rings (SSSR count). The Labute approximate surface area is 243 Å². The van der Waals surface area contributed by atoms with E-state index in [4.69, 9.17) is 24.1 Å². The Hall–Kier alpha value is -3.61. The van der Waals surface area contributed by atoms with E-state index in [2.05, 4.69) is 20.9 Å². The molecule has 12 heteroatoms. The summed E-state index contributed by atoms with van der Waals surface area (Å²) in [5.74, 6) is 0.662. The van der Waals surface area contributed by atoms with Crippen LogP contribution in [0.2, 0.25) is 0 Å². The molecule has 2 aromatic carbocycles. The first-order chi connectivity index (χ1) is 19.1. The van der Waals surface area contributed by atoms with Crippen LogP contribution in [0.1, 0.15) is 37.9 Å². The molecule has 0 saturated heterocycles. The maximum Gasteiger partial charge on any atom is 0.338 e. The highest BCUT2D eigenvalue weighted by Gasteiger charge is 2.35. The summed E-state index contributed by atoms with van der Waals surface area (Å²) in [6.07, 6.45) is 1.68. The van der Waals surface area contributed by atoms with E-state index in [1.807, 2.05) is 0 Å². The Balaban J connectivity index is 0.00000141. The van der Waals surface area contributed by atoms with Crippen LogP contribution in [-0.4, -0.2) is 55.3 Å². The van der Waals surface area contributed by atoms with Crippen LogP contribution in [0.4, 0.5) is 0 Å². The summed E-state index contributed by atoms with van der Waals surface area (Å²) in [6, 6.07) is 7.64. The lowest BCUT2D eigenvalue weighted by atomic mass is 9.94. The molecular weight excluding hydrogens is 604 g/mol. The largest absolute Gasteiger partial charge is 0.503 e. The number of hydrogen-bond acceptors (Lipinski definition) is 10. The molecule has 1 atom stereocenters. The second-order valence-corrected chi connectivity index (χ2v) is 10.1. The highest BCUT2D eigenvalue weighted by Crippen LogP contribution is 2.38. The Kier molecular flexibility index (Phi) is 10.5. The van der Waals surface area contributed by atoms with Crippen molar-refractivity contribution < 1.29 is 34.0 Å². The number of methoxy groups -OCH3 is 3. The van der Waals surface area contributed by atoms with E-state index >= 15 is 0 Å². The first kappa shape index (κ1) is 30.9. The molecule has 10 nitrogen and oxygen atoms in total. The van der Waals surface area contributed by atoms with Gasteiger partial charge in [0.1, 0.15) is 17.5 Å². The molecule has 0 fully saturated rings. The molecule has 0 saturated carbocycles. The van der Waals surface area contributed by atoms with Crippen LogP contribution >= 0.6 is 27.3 Å². The minimum absolute atomic E-state index is 0.0408. The van der Waals surface area contributed by atoms with Gasteiger partial charge in [0.2, 0.25) is 0 Å². The smallest absolute Gasteiger partial charge is 0.338 e.